The second kappa shape index (κ2) is 2.78. The molecule has 0 aliphatic heterocycles. The fraction of sp³-hybridized carbons (Fsp3) is 0.636. The van der Waals surface area contributed by atoms with Crippen molar-refractivity contribution in [2.45, 2.75) is 45.7 Å². The summed E-state index contributed by atoms with van der Waals surface area (Å²) in [5.41, 5.74) is 9.19. The number of fused-ring (bicyclic) bond motifs is 1. The topological polar surface area (TPSA) is 61.7 Å². The fourth-order valence-electron chi connectivity index (χ4n) is 2.34. The van der Waals surface area contributed by atoms with E-state index >= 15 is 0 Å². The van der Waals surface area contributed by atoms with E-state index in [1.165, 1.54) is 12.8 Å². The molecule has 2 aromatic rings. The zero-order valence-corrected chi connectivity index (χ0v) is 9.99. The monoisotopic (exact) mass is 219 g/mol. The molecule has 2 N–H and O–H groups in total. The average molecular weight is 219 g/mol. The highest BCUT2D eigenvalue weighted by Crippen LogP contribution is 2.46. The van der Waals surface area contributed by atoms with Crippen LogP contribution < -0.4 is 5.73 Å². The SMILES string of the molecule is CCn1nc(C)c2nc(N)n(C3(C)CC3)c21. The Bertz CT molecular complexity index is 558. The summed E-state index contributed by atoms with van der Waals surface area (Å²) < 4.78 is 4.16. The first-order valence-electron chi connectivity index (χ1n) is 5.78. The second-order valence-electron chi connectivity index (χ2n) is 4.88. The van der Waals surface area contributed by atoms with E-state index in [9.17, 15) is 0 Å². The van der Waals surface area contributed by atoms with Crippen molar-refractivity contribution in [3.05, 3.63) is 5.69 Å². The number of rotatable bonds is 2. The van der Waals surface area contributed by atoms with Gasteiger partial charge < -0.3 is 5.73 Å². The molecule has 0 spiro atoms. The molecule has 86 valence electrons. The van der Waals surface area contributed by atoms with Crippen molar-refractivity contribution in [3.8, 4) is 0 Å². The fourth-order valence-corrected chi connectivity index (χ4v) is 2.34. The van der Waals surface area contributed by atoms with Gasteiger partial charge in [0.2, 0.25) is 5.95 Å². The molecule has 0 aromatic carbocycles. The lowest BCUT2D eigenvalue weighted by atomic mass is 10.3. The van der Waals surface area contributed by atoms with Crippen LogP contribution >= 0.6 is 0 Å². The van der Waals surface area contributed by atoms with E-state index in [4.69, 9.17) is 5.73 Å². The molecule has 0 saturated heterocycles. The Balaban J connectivity index is 2.37. The van der Waals surface area contributed by atoms with Gasteiger partial charge in [-0.05, 0) is 33.6 Å². The zero-order chi connectivity index (χ0) is 11.5. The molecule has 0 atom stereocenters. The normalized spacial score (nSPS) is 18.2. The first kappa shape index (κ1) is 9.69. The average Bonchev–Trinajstić information content (AvgIpc) is 2.75. The van der Waals surface area contributed by atoms with Crippen LogP contribution in [0.5, 0.6) is 0 Å². The largest absolute Gasteiger partial charge is 0.369 e. The Morgan fingerprint density at radius 2 is 2.12 bits per heavy atom. The second-order valence-corrected chi connectivity index (χ2v) is 4.88. The Hall–Kier alpha value is -1.52. The molecule has 1 fully saturated rings. The summed E-state index contributed by atoms with van der Waals surface area (Å²) in [6, 6.07) is 0. The minimum Gasteiger partial charge on any atom is -0.369 e. The van der Waals surface area contributed by atoms with E-state index in [0.717, 1.165) is 23.4 Å². The third-order valence-corrected chi connectivity index (χ3v) is 3.55. The van der Waals surface area contributed by atoms with Gasteiger partial charge in [-0.15, -0.1) is 0 Å². The number of hydrogen-bond acceptors (Lipinski definition) is 3. The summed E-state index contributed by atoms with van der Waals surface area (Å²) in [5.74, 6) is 0.623. The molecule has 1 aliphatic rings. The summed E-state index contributed by atoms with van der Waals surface area (Å²) in [4.78, 5) is 4.45. The van der Waals surface area contributed by atoms with Crippen LogP contribution in [-0.4, -0.2) is 19.3 Å². The van der Waals surface area contributed by atoms with Crippen molar-refractivity contribution >= 4 is 17.1 Å². The first-order valence-corrected chi connectivity index (χ1v) is 5.78. The number of hydrogen-bond donors (Lipinski definition) is 1. The maximum Gasteiger partial charge on any atom is 0.203 e. The van der Waals surface area contributed by atoms with Gasteiger partial charge in [-0.3, -0.25) is 4.57 Å². The third kappa shape index (κ3) is 1.06. The molecule has 3 rings (SSSR count). The number of nitrogens with two attached hydrogens (primary N) is 1. The molecule has 1 aliphatic carbocycles. The van der Waals surface area contributed by atoms with E-state index in [0.29, 0.717) is 5.95 Å². The lowest BCUT2D eigenvalue weighted by Crippen LogP contribution is -2.17. The van der Waals surface area contributed by atoms with Gasteiger partial charge in [0, 0.05) is 12.1 Å². The van der Waals surface area contributed by atoms with Crippen LogP contribution in [0.15, 0.2) is 0 Å². The van der Waals surface area contributed by atoms with Gasteiger partial charge in [-0.2, -0.15) is 5.10 Å². The highest BCUT2D eigenvalue weighted by Gasteiger charge is 2.42. The lowest BCUT2D eigenvalue weighted by molar-refractivity contribution is 0.532. The maximum absolute atomic E-state index is 6.03. The Labute approximate surface area is 94.2 Å². The summed E-state index contributed by atoms with van der Waals surface area (Å²) in [5, 5.41) is 4.49. The van der Waals surface area contributed by atoms with Gasteiger partial charge in [0.1, 0.15) is 5.52 Å². The van der Waals surface area contributed by atoms with Crippen molar-refractivity contribution < 1.29 is 0 Å². The van der Waals surface area contributed by atoms with Crippen molar-refractivity contribution in [2.24, 2.45) is 0 Å². The maximum atomic E-state index is 6.03. The van der Waals surface area contributed by atoms with Gasteiger partial charge in [-0.1, -0.05) is 0 Å². The number of imidazole rings is 1. The molecule has 5 nitrogen and oxygen atoms in total. The Morgan fingerprint density at radius 1 is 1.44 bits per heavy atom. The van der Waals surface area contributed by atoms with Gasteiger partial charge in [0.05, 0.1) is 5.69 Å². The van der Waals surface area contributed by atoms with Crippen molar-refractivity contribution in [1.29, 1.82) is 0 Å². The van der Waals surface area contributed by atoms with E-state index in [1.54, 1.807) is 0 Å². The molecule has 2 heterocycles. The van der Waals surface area contributed by atoms with Gasteiger partial charge in [0.15, 0.2) is 5.65 Å². The highest BCUT2D eigenvalue weighted by atomic mass is 15.4. The lowest BCUT2D eigenvalue weighted by Gasteiger charge is -2.14. The van der Waals surface area contributed by atoms with Crippen molar-refractivity contribution in [1.82, 2.24) is 19.3 Å². The van der Waals surface area contributed by atoms with E-state index in [1.807, 2.05) is 11.6 Å². The predicted molar refractivity (Wildman–Crippen MR) is 63.2 cm³/mol. The standard InChI is InChI=1S/C11H17N5/c1-4-15-9-8(7(2)14-15)13-10(12)16(9)11(3)5-6-11/h4-6H2,1-3H3,(H2,12,13). The highest BCUT2D eigenvalue weighted by molar-refractivity contribution is 5.78. The van der Waals surface area contributed by atoms with Gasteiger partial charge in [-0.25, -0.2) is 9.67 Å². The van der Waals surface area contributed by atoms with E-state index < -0.39 is 0 Å². The predicted octanol–water partition coefficient (Wildman–Crippen LogP) is 1.65. The van der Waals surface area contributed by atoms with Crippen molar-refractivity contribution in [2.75, 3.05) is 5.73 Å². The summed E-state index contributed by atoms with van der Waals surface area (Å²) in [6.07, 6.45) is 2.35. The zero-order valence-electron chi connectivity index (χ0n) is 9.99. The smallest absolute Gasteiger partial charge is 0.203 e. The number of aryl methyl sites for hydroxylation is 2. The number of nitrogens with zero attached hydrogens (tertiary/aromatic N) is 4. The third-order valence-electron chi connectivity index (χ3n) is 3.55. The number of nitrogen functional groups attached to an aromatic ring is 1. The summed E-state index contributed by atoms with van der Waals surface area (Å²) in [7, 11) is 0. The van der Waals surface area contributed by atoms with Gasteiger partial charge >= 0.3 is 0 Å². The summed E-state index contributed by atoms with van der Waals surface area (Å²) >= 11 is 0. The molecular weight excluding hydrogens is 202 g/mol. The quantitative estimate of drug-likeness (QED) is 0.835. The Kier molecular flexibility index (Phi) is 1.68. The molecule has 16 heavy (non-hydrogen) atoms. The molecule has 0 radical (unpaired) electrons. The number of aromatic nitrogens is 4. The van der Waals surface area contributed by atoms with E-state index in [2.05, 4.69) is 28.5 Å². The molecular formula is C11H17N5. The minimum absolute atomic E-state index is 0.165. The van der Waals surface area contributed by atoms with Crippen molar-refractivity contribution in [3.63, 3.8) is 0 Å². The Morgan fingerprint density at radius 3 is 2.69 bits per heavy atom. The van der Waals surface area contributed by atoms with E-state index in [-0.39, 0.29) is 5.54 Å². The van der Waals surface area contributed by atoms with Crippen LogP contribution in [0.4, 0.5) is 5.95 Å². The minimum atomic E-state index is 0.165. The number of anilines is 1. The molecule has 1 saturated carbocycles. The molecule has 2 aromatic heterocycles. The molecule has 0 amide bonds. The van der Waals surface area contributed by atoms with Crippen LogP contribution in [0, 0.1) is 6.92 Å². The summed E-state index contributed by atoms with van der Waals surface area (Å²) in [6.45, 7) is 7.16. The molecule has 0 unspecified atom stereocenters. The van der Waals surface area contributed by atoms with Crippen LogP contribution in [0.25, 0.3) is 11.2 Å². The van der Waals surface area contributed by atoms with Crippen LogP contribution in [-0.2, 0) is 12.1 Å². The molecule has 0 bridgehead atoms. The van der Waals surface area contributed by atoms with Gasteiger partial charge in [0.25, 0.3) is 0 Å². The van der Waals surface area contributed by atoms with Crippen LogP contribution in [0.2, 0.25) is 0 Å². The molecule has 5 heteroatoms. The van der Waals surface area contributed by atoms with Crippen LogP contribution in [0.3, 0.4) is 0 Å². The van der Waals surface area contributed by atoms with Crippen LogP contribution in [0.1, 0.15) is 32.4 Å². The first-order chi connectivity index (χ1) is 7.57.